The number of benzene rings is 2. The minimum Gasteiger partial charge on any atom is -0.350 e. The summed E-state index contributed by atoms with van der Waals surface area (Å²) in [5.74, 6) is -1.32. The fourth-order valence-electron chi connectivity index (χ4n) is 2.54. The van der Waals surface area contributed by atoms with Crippen molar-refractivity contribution >= 4 is 32.9 Å². The molecule has 0 radical (unpaired) electrons. The van der Waals surface area contributed by atoms with Gasteiger partial charge in [-0.2, -0.15) is 13.2 Å². The molecule has 0 aliphatic carbocycles. The molecule has 0 saturated carbocycles. The first-order valence-corrected chi connectivity index (χ1v) is 8.22. The molecule has 1 amide bonds. The van der Waals surface area contributed by atoms with Gasteiger partial charge in [0.05, 0.1) is 16.6 Å². The quantitative estimate of drug-likeness (QED) is 0.697. The number of fused-ring (bicyclic) bond motifs is 1. The van der Waals surface area contributed by atoms with Crippen LogP contribution in [0.2, 0.25) is 0 Å². The van der Waals surface area contributed by atoms with Crippen molar-refractivity contribution in [2.24, 2.45) is 0 Å². The van der Waals surface area contributed by atoms with E-state index in [0.29, 0.717) is 15.6 Å². The van der Waals surface area contributed by atoms with E-state index in [1.54, 1.807) is 42.5 Å². The number of halogens is 4. The molecule has 0 unspecified atom stereocenters. The van der Waals surface area contributed by atoms with Crippen molar-refractivity contribution < 1.29 is 18.0 Å². The van der Waals surface area contributed by atoms with Crippen LogP contribution in [0.25, 0.3) is 11.0 Å². The maximum atomic E-state index is 13.2. The van der Waals surface area contributed by atoms with Crippen molar-refractivity contribution in [2.75, 3.05) is 6.54 Å². The summed E-state index contributed by atoms with van der Waals surface area (Å²) in [4.78, 5) is 15.8. The summed E-state index contributed by atoms with van der Waals surface area (Å²) in [6.07, 6.45) is -4.56. The molecule has 0 atom stereocenters. The smallest absolute Gasteiger partial charge is 0.350 e. The summed E-state index contributed by atoms with van der Waals surface area (Å²) in [6, 6.07) is 13.2. The molecule has 3 rings (SSSR count). The zero-order valence-electron chi connectivity index (χ0n) is 12.8. The molecule has 25 heavy (non-hydrogen) atoms. The van der Waals surface area contributed by atoms with Crippen molar-refractivity contribution in [2.45, 2.75) is 12.7 Å². The highest BCUT2D eigenvalue weighted by Crippen LogP contribution is 2.31. The van der Waals surface area contributed by atoms with Crippen LogP contribution in [-0.4, -0.2) is 22.0 Å². The molecule has 3 aromatic rings. The average molecular weight is 412 g/mol. The van der Waals surface area contributed by atoms with Gasteiger partial charge in [0.25, 0.3) is 5.91 Å². The monoisotopic (exact) mass is 411 g/mol. The van der Waals surface area contributed by atoms with Gasteiger partial charge in [0.1, 0.15) is 0 Å². The Labute approximate surface area is 149 Å². The molecule has 8 heteroatoms. The lowest BCUT2D eigenvalue weighted by Crippen LogP contribution is -2.28. The predicted molar refractivity (Wildman–Crippen MR) is 91.2 cm³/mol. The highest BCUT2D eigenvalue weighted by Gasteiger charge is 2.37. The van der Waals surface area contributed by atoms with Crippen LogP contribution in [0.3, 0.4) is 0 Å². The van der Waals surface area contributed by atoms with Crippen LogP contribution >= 0.6 is 15.9 Å². The lowest BCUT2D eigenvalue weighted by atomic mass is 10.2. The van der Waals surface area contributed by atoms with Gasteiger partial charge in [0.2, 0.25) is 5.82 Å². The van der Waals surface area contributed by atoms with Crippen LogP contribution in [0, 0.1) is 0 Å². The Morgan fingerprint density at radius 1 is 1.12 bits per heavy atom. The first-order valence-electron chi connectivity index (χ1n) is 7.43. The molecule has 0 fully saturated rings. The van der Waals surface area contributed by atoms with E-state index in [-0.39, 0.29) is 24.5 Å². The van der Waals surface area contributed by atoms with Gasteiger partial charge in [-0.1, -0.05) is 24.3 Å². The van der Waals surface area contributed by atoms with E-state index in [0.717, 1.165) is 4.57 Å². The summed E-state index contributed by atoms with van der Waals surface area (Å²) in [5, 5.41) is 2.64. The van der Waals surface area contributed by atoms with Gasteiger partial charge >= 0.3 is 6.18 Å². The zero-order chi connectivity index (χ0) is 18.0. The van der Waals surface area contributed by atoms with Gasteiger partial charge < -0.3 is 9.88 Å². The predicted octanol–water partition coefficient (Wildman–Crippen LogP) is 4.25. The van der Waals surface area contributed by atoms with E-state index < -0.39 is 12.0 Å². The van der Waals surface area contributed by atoms with Crippen LogP contribution in [0.1, 0.15) is 16.2 Å². The number of imidazole rings is 1. The maximum Gasteiger partial charge on any atom is 0.449 e. The first kappa shape index (κ1) is 17.5. The summed E-state index contributed by atoms with van der Waals surface area (Å²) in [7, 11) is 0. The number of hydrogen-bond donors (Lipinski definition) is 1. The second-order valence-corrected chi connectivity index (χ2v) is 6.16. The Morgan fingerprint density at radius 3 is 2.52 bits per heavy atom. The molecule has 0 saturated heterocycles. The van der Waals surface area contributed by atoms with Gasteiger partial charge in [-0.3, -0.25) is 4.79 Å². The number of alkyl halides is 3. The third-order valence-electron chi connectivity index (χ3n) is 3.65. The second-order valence-electron chi connectivity index (χ2n) is 5.31. The Balaban J connectivity index is 1.79. The topological polar surface area (TPSA) is 46.9 Å². The standard InChI is InChI=1S/C17H13BrF3N3O/c18-12-6-2-1-5-11(12)15(25)22-9-10-24-14-8-4-3-7-13(14)23-16(24)17(19,20)21/h1-8H,9-10H2,(H,22,25). The number of nitrogens with one attached hydrogen (secondary N) is 1. The molecule has 1 aromatic heterocycles. The molecule has 1 heterocycles. The second kappa shape index (κ2) is 6.87. The number of carbonyl (C=O) groups excluding carboxylic acids is 1. The van der Waals surface area contributed by atoms with E-state index in [1.807, 2.05) is 0 Å². The molecule has 0 aliphatic heterocycles. The Morgan fingerprint density at radius 2 is 1.80 bits per heavy atom. The fourth-order valence-corrected chi connectivity index (χ4v) is 3.00. The number of aromatic nitrogens is 2. The lowest BCUT2D eigenvalue weighted by molar-refractivity contribution is -0.146. The summed E-state index contributed by atoms with van der Waals surface area (Å²) in [5.41, 5.74) is 1.07. The summed E-state index contributed by atoms with van der Waals surface area (Å²) in [6.45, 7) is 0.00908. The minimum atomic E-state index is -4.56. The van der Waals surface area contributed by atoms with Gasteiger partial charge in [0, 0.05) is 17.6 Å². The molecule has 0 spiro atoms. The normalized spacial score (nSPS) is 11.7. The van der Waals surface area contributed by atoms with Crippen LogP contribution in [0.15, 0.2) is 53.0 Å². The van der Waals surface area contributed by atoms with Crippen molar-refractivity contribution in [1.82, 2.24) is 14.9 Å². The first-order chi connectivity index (χ1) is 11.9. The van der Waals surface area contributed by atoms with E-state index in [4.69, 9.17) is 0 Å². The van der Waals surface area contributed by atoms with E-state index in [9.17, 15) is 18.0 Å². The Hall–Kier alpha value is -2.35. The van der Waals surface area contributed by atoms with Crippen molar-refractivity contribution in [1.29, 1.82) is 0 Å². The van der Waals surface area contributed by atoms with Crippen LogP contribution in [0.4, 0.5) is 13.2 Å². The SMILES string of the molecule is O=C(NCCn1c(C(F)(F)F)nc2ccccc21)c1ccccc1Br. The summed E-state index contributed by atoms with van der Waals surface area (Å²) < 4.78 is 41.3. The number of para-hydroxylation sites is 2. The van der Waals surface area contributed by atoms with Gasteiger partial charge in [-0.15, -0.1) is 0 Å². The van der Waals surface area contributed by atoms with Crippen molar-refractivity contribution in [3.05, 3.63) is 64.4 Å². The fraction of sp³-hybridized carbons (Fsp3) is 0.176. The maximum absolute atomic E-state index is 13.2. The van der Waals surface area contributed by atoms with Crippen molar-refractivity contribution in [3.63, 3.8) is 0 Å². The number of rotatable bonds is 4. The van der Waals surface area contributed by atoms with E-state index in [1.165, 1.54) is 6.07 Å². The molecule has 0 aliphatic rings. The van der Waals surface area contributed by atoms with Crippen LogP contribution in [0.5, 0.6) is 0 Å². The molecule has 1 N–H and O–H groups in total. The summed E-state index contributed by atoms with van der Waals surface area (Å²) >= 11 is 3.27. The third kappa shape index (κ3) is 3.68. The average Bonchev–Trinajstić information content (AvgIpc) is 2.94. The molecule has 2 aromatic carbocycles. The largest absolute Gasteiger partial charge is 0.449 e. The molecule has 0 bridgehead atoms. The number of carbonyl (C=O) groups is 1. The zero-order valence-corrected chi connectivity index (χ0v) is 14.4. The van der Waals surface area contributed by atoms with Gasteiger partial charge in [0.15, 0.2) is 0 Å². The molecular weight excluding hydrogens is 399 g/mol. The van der Waals surface area contributed by atoms with Gasteiger partial charge in [-0.25, -0.2) is 4.98 Å². The van der Waals surface area contributed by atoms with Crippen molar-refractivity contribution in [3.8, 4) is 0 Å². The van der Waals surface area contributed by atoms with Gasteiger partial charge in [-0.05, 0) is 40.2 Å². The number of hydrogen-bond acceptors (Lipinski definition) is 2. The van der Waals surface area contributed by atoms with E-state index in [2.05, 4.69) is 26.2 Å². The molecular formula is C17H13BrF3N3O. The van der Waals surface area contributed by atoms with Crippen LogP contribution < -0.4 is 5.32 Å². The number of nitrogens with zero attached hydrogens (tertiary/aromatic N) is 2. The van der Waals surface area contributed by atoms with E-state index >= 15 is 0 Å². The minimum absolute atomic E-state index is 0.0362. The lowest BCUT2D eigenvalue weighted by Gasteiger charge is -2.12. The van der Waals surface area contributed by atoms with Crippen LogP contribution in [-0.2, 0) is 12.7 Å². The number of amides is 1. The Kier molecular flexibility index (Phi) is 4.80. The third-order valence-corrected chi connectivity index (χ3v) is 4.34. The highest BCUT2D eigenvalue weighted by atomic mass is 79.9. The Bertz CT molecular complexity index is 921. The molecule has 130 valence electrons. The molecule has 4 nitrogen and oxygen atoms in total. The highest BCUT2D eigenvalue weighted by molar-refractivity contribution is 9.10.